The summed E-state index contributed by atoms with van der Waals surface area (Å²) in [5, 5.41) is 18.3. The Bertz CT molecular complexity index is 708. The molecule has 0 radical (unpaired) electrons. The molecule has 21 heavy (non-hydrogen) atoms. The van der Waals surface area contributed by atoms with Gasteiger partial charge in [-0.3, -0.25) is 9.89 Å². The first-order chi connectivity index (χ1) is 10.1. The van der Waals surface area contributed by atoms with Crippen molar-refractivity contribution in [2.75, 3.05) is 6.61 Å². The Morgan fingerprint density at radius 1 is 1.43 bits per heavy atom. The second-order valence-corrected chi connectivity index (χ2v) is 4.69. The number of benzene rings is 1. The van der Waals surface area contributed by atoms with Gasteiger partial charge in [-0.25, -0.2) is 0 Å². The number of hydrogen-bond acceptors (Lipinski definition) is 3. The van der Waals surface area contributed by atoms with Crippen molar-refractivity contribution in [1.29, 1.82) is 0 Å². The average molecular weight is 283 g/mol. The normalized spacial score (nSPS) is 9.86. The number of aliphatic hydroxyl groups is 1. The third-order valence-electron chi connectivity index (χ3n) is 3.18. The second-order valence-electron chi connectivity index (χ2n) is 4.69. The highest BCUT2D eigenvalue weighted by Crippen LogP contribution is 2.11. The minimum Gasteiger partial charge on any atom is -0.384 e. The lowest BCUT2D eigenvalue weighted by molar-refractivity contribution is 0.0951. The molecule has 0 aliphatic heterocycles. The highest BCUT2D eigenvalue weighted by Gasteiger charge is 2.08. The Kier molecular flexibility index (Phi) is 4.75. The average Bonchev–Trinajstić information content (AvgIpc) is 2.89. The number of nitrogens with one attached hydrogen (secondary N) is 2. The van der Waals surface area contributed by atoms with Gasteiger partial charge >= 0.3 is 0 Å². The van der Waals surface area contributed by atoms with Crippen molar-refractivity contribution in [1.82, 2.24) is 15.5 Å². The van der Waals surface area contributed by atoms with E-state index in [4.69, 9.17) is 5.11 Å². The summed E-state index contributed by atoms with van der Waals surface area (Å²) in [6.07, 6.45) is 1.70. The predicted octanol–water partition coefficient (Wildman–Crippen LogP) is 1.30. The Labute approximate surface area is 123 Å². The first kappa shape index (κ1) is 14.8. The predicted molar refractivity (Wildman–Crippen MR) is 79.6 cm³/mol. The molecule has 1 aromatic carbocycles. The number of aromatic amines is 1. The van der Waals surface area contributed by atoms with E-state index in [1.807, 2.05) is 19.9 Å². The van der Waals surface area contributed by atoms with Crippen LogP contribution in [-0.2, 0) is 6.54 Å². The Balaban J connectivity index is 2.10. The van der Waals surface area contributed by atoms with E-state index in [1.54, 1.807) is 18.3 Å². The quantitative estimate of drug-likeness (QED) is 0.743. The minimum atomic E-state index is -0.199. The van der Waals surface area contributed by atoms with Crippen molar-refractivity contribution in [2.45, 2.75) is 20.4 Å². The summed E-state index contributed by atoms with van der Waals surface area (Å²) in [5.74, 6) is 5.27. The van der Waals surface area contributed by atoms with E-state index >= 15 is 0 Å². The zero-order valence-corrected chi connectivity index (χ0v) is 12.0. The molecule has 108 valence electrons. The van der Waals surface area contributed by atoms with Gasteiger partial charge in [0.15, 0.2) is 0 Å². The van der Waals surface area contributed by atoms with Crippen LogP contribution >= 0.6 is 0 Å². The molecule has 2 rings (SSSR count). The van der Waals surface area contributed by atoms with Crippen molar-refractivity contribution >= 4 is 5.91 Å². The molecule has 5 nitrogen and oxygen atoms in total. The van der Waals surface area contributed by atoms with Gasteiger partial charge in [-0.1, -0.05) is 17.9 Å². The van der Waals surface area contributed by atoms with Gasteiger partial charge in [0, 0.05) is 28.9 Å². The van der Waals surface area contributed by atoms with Crippen LogP contribution in [0.1, 0.15) is 32.7 Å². The number of aliphatic hydroxyl groups excluding tert-OH is 1. The molecule has 0 saturated heterocycles. The second kappa shape index (κ2) is 6.73. The molecule has 0 aliphatic rings. The van der Waals surface area contributed by atoms with Crippen LogP contribution in [0.3, 0.4) is 0 Å². The van der Waals surface area contributed by atoms with Crippen LogP contribution in [0.5, 0.6) is 0 Å². The summed E-state index contributed by atoms with van der Waals surface area (Å²) >= 11 is 0. The monoisotopic (exact) mass is 283 g/mol. The van der Waals surface area contributed by atoms with Crippen LogP contribution in [0.4, 0.5) is 0 Å². The highest BCUT2D eigenvalue weighted by molar-refractivity contribution is 5.94. The standard InChI is InChI=1S/C16H17N3O2/c1-11-5-6-14(8-13(11)4-3-7-20)16(21)17-9-15-10-18-19-12(15)2/h5-6,8,10,20H,7,9H2,1-2H3,(H,17,21)(H,18,19). The smallest absolute Gasteiger partial charge is 0.251 e. The molecule has 0 unspecified atom stereocenters. The minimum absolute atomic E-state index is 0.164. The molecule has 0 atom stereocenters. The fourth-order valence-corrected chi connectivity index (χ4v) is 1.86. The number of aromatic nitrogens is 2. The fraction of sp³-hybridized carbons (Fsp3) is 0.250. The maximum atomic E-state index is 12.1. The van der Waals surface area contributed by atoms with E-state index in [0.29, 0.717) is 12.1 Å². The highest BCUT2D eigenvalue weighted by atomic mass is 16.2. The van der Waals surface area contributed by atoms with Gasteiger partial charge in [0.25, 0.3) is 5.91 Å². The van der Waals surface area contributed by atoms with Gasteiger partial charge in [0.1, 0.15) is 6.61 Å². The number of amides is 1. The Morgan fingerprint density at radius 3 is 2.90 bits per heavy atom. The molecule has 1 amide bonds. The van der Waals surface area contributed by atoms with Crippen molar-refractivity contribution in [3.05, 3.63) is 52.3 Å². The molecule has 0 fully saturated rings. The third-order valence-corrected chi connectivity index (χ3v) is 3.18. The fourth-order valence-electron chi connectivity index (χ4n) is 1.86. The van der Waals surface area contributed by atoms with Crippen LogP contribution in [0, 0.1) is 25.7 Å². The number of carbonyl (C=O) groups is 1. The summed E-state index contributed by atoms with van der Waals surface area (Å²) in [6, 6.07) is 5.34. The van der Waals surface area contributed by atoms with Gasteiger partial charge in [-0.2, -0.15) is 5.10 Å². The molecule has 2 aromatic rings. The zero-order chi connectivity index (χ0) is 15.2. The third kappa shape index (κ3) is 3.71. The first-order valence-corrected chi connectivity index (χ1v) is 6.59. The number of H-pyrrole nitrogens is 1. The molecule has 0 spiro atoms. The number of nitrogens with zero attached hydrogens (tertiary/aromatic N) is 1. The van der Waals surface area contributed by atoms with Gasteiger partial charge < -0.3 is 10.4 Å². The van der Waals surface area contributed by atoms with Gasteiger partial charge in [0.2, 0.25) is 0 Å². The summed E-state index contributed by atoms with van der Waals surface area (Å²) in [7, 11) is 0. The molecule has 0 bridgehead atoms. The molecule has 0 aliphatic carbocycles. The maximum Gasteiger partial charge on any atom is 0.251 e. The van der Waals surface area contributed by atoms with Crippen LogP contribution in [-0.4, -0.2) is 27.8 Å². The maximum absolute atomic E-state index is 12.1. The summed E-state index contributed by atoms with van der Waals surface area (Å²) in [4.78, 5) is 12.1. The van der Waals surface area contributed by atoms with Crippen molar-refractivity contribution in [3.8, 4) is 11.8 Å². The van der Waals surface area contributed by atoms with E-state index in [1.165, 1.54) is 0 Å². The Hall–Kier alpha value is -2.58. The van der Waals surface area contributed by atoms with Gasteiger partial charge in [-0.15, -0.1) is 0 Å². The molecule has 5 heteroatoms. The molecule has 0 saturated carbocycles. The van der Waals surface area contributed by atoms with Crippen molar-refractivity contribution in [3.63, 3.8) is 0 Å². The summed E-state index contributed by atoms with van der Waals surface area (Å²) in [5.41, 5.74) is 4.16. The van der Waals surface area contributed by atoms with Crippen LogP contribution < -0.4 is 5.32 Å². The summed E-state index contributed by atoms with van der Waals surface area (Å²) < 4.78 is 0. The van der Waals surface area contributed by atoms with Gasteiger partial charge in [-0.05, 0) is 31.5 Å². The van der Waals surface area contributed by atoms with Crippen LogP contribution in [0.25, 0.3) is 0 Å². The number of rotatable bonds is 3. The lowest BCUT2D eigenvalue weighted by atomic mass is 10.0. The molecular weight excluding hydrogens is 266 g/mol. The number of aryl methyl sites for hydroxylation is 2. The van der Waals surface area contributed by atoms with Crippen molar-refractivity contribution in [2.24, 2.45) is 0 Å². The molecule has 1 heterocycles. The number of hydrogen-bond donors (Lipinski definition) is 3. The van der Waals surface area contributed by atoms with E-state index < -0.39 is 0 Å². The topological polar surface area (TPSA) is 78.0 Å². The Morgan fingerprint density at radius 2 is 2.24 bits per heavy atom. The lowest BCUT2D eigenvalue weighted by Crippen LogP contribution is -2.23. The van der Waals surface area contributed by atoms with E-state index in [-0.39, 0.29) is 12.5 Å². The molecular formula is C16H17N3O2. The van der Waals surface area contributed by atoms with Crippen molar-refractivity contribution < 1.29 is 9.90 Å². The lowest BCUT2D eigenvalue weighted by Gasteiger charge is -2.06. The van der Waals surface area contributed by atoms with Crippen LogP contribution in [0.15, 0.2) is 24.4 Å². The zero-order valence-electron chi connectivity index (χ0n) is 12.0. The molecule has 3 N–H and O–H groups in total. The van der Waals surface area contributed by atoms with Crippen LogP contribution in [0.2, 0.25) is 0 Å². The van der Waals surface area contributed by atoms with E-state index in [9.17, 15) is 4.79 Å². The van der Waals surface area contributed by atoms with E-state index in [0.717, 1.165) is 22.4 Å². The first-order valence-electron chi connectivity index (χ1n) is 6.59. The van der Waals surface area contributed by atoms with E-state index in [2.05, 4.69) is 27.4 Å². The SMILES string of the molecule is Cc1ccc(C(=O)NCc2cn[nH]c2C)cc1C#CCO. The van der Waals surface area contributed by atoms with Gasteiger partial charge in [0.05, 0.1) is 6.20 Å². The summed E-state index contributed by atoms with van der Waals surface area (Å²) in [6.45, 7) is 4.04. The molecule has 1 aromatic heterocycles. The number of carbonyl (C=O) groups excluding carboxylic acids is 1. The largest absolute Gasteiger partial charge is 0.384 e.